The molecule has 0 aliphatic heterocycles. The molecular weight excluding hydrogens is 430 g/mol. The molecule has 0 atom stereocenters. The first-order valence-corrected chi connectivity index (χ1v) is 11.9. The number of carbonyl (C=O) groups is 1. The Balaban J connectivity index is 1.80. The van der Waals surface area contributed by atoms with Crippen LogP contribution < -0.4 is 16.6 Å². The fourth-order valence-corrected chi connectivity index (χ4v) is 3.92. The van der Waals surface area contributed by atoms with Crippen LogP contribution in [0.3, 0.4) is 0 Å². The number of aromatic amines is 1. The Bertz CT molecular complexity index is 1250. The minimum atomic E-state index is -0.587. The van der Waals surface area contributed by atoms with Gasteiger partial charge in [-0.2, -0.15) is 0 Å². The number of benzene rings is 1. The summed E-state index contributed by atoms with van der Waals surface area (Å²) in [5.41, 5.74) is 1.34. The van der Waals surface area contributed by atoms with Crippen molar-refractivity contribution in [1.82, 2.24) is 24.8 Å². The number of H-pyrrole nitrogens is 1. The molecule has 0 aliphatic rings. The summed E-state index contributed by atoms with van der Waals surface area (Å²) < 4.78 is 1.46. The normalized spacial score (nSPS) is 11.6. The molecule has 1 aromatic carbocycles. The molecular formula is C26H35N5O3. The molecule has 0 saturated heterocycles. The average molecular weight is 466 g/mol. The monoisotopic (exact) mass is 465 g/mol. The molecule has 182 valence electrons. The molecule has 2 aromatic heterocycles. The Morgan fingerprint density at radius 2 is 1.85 bits per heavy atom. The number of nitrogens with zero attached hydrogens (tertiary/aromatic N) is 3. The summed E-state index contributed by atoms with van der Waals surface area (Å²) in [4.78, 5) is 47.6. The summed E-state index contributed by atoms with van der Waals surface area (Å²) >= 11 is 0. The summed E-state index contributed by atoms with van der Waals surface area (Å²) in [5.74, 6) is -0.133. The molecule has 1 amide bonds. The van der Waals surface area contributed by atoms with E-state index in [0.29, 0.717) is 18.8 Å². The molecule has 0 fully saturated rings. The number of pyridine rings is 1. The Hall–Kier alpha value is -3.26. The fraction of sp³-hybridized carbons (Fsp3) is 0.462. The number of hydrogen-bond acceptors (Lipinski definition) is 5. The maximum atomic E-state index is 13.1. The van der Waals surface area contributed by atoms with Crippen molar-refractivity contribution in [2.24, 2.45) is 5.92 Å². The van der Waals surface area contributed by atoms with E-state index in [2.05, 4.69) is 32.3 Å². The molecule has 3 rings (SSSR count). The molecule has 34 heavy (non-hydrogen) atoms. The van der Waals surface area contributed by atoms with Crippen molar-refractivity contribution in [3.63, 3.8) is 0 Å². The molecule has 2 heterocycles. The minimum absolute atomic E-state index is 0.0319. The highest BCUT2D eigenvalue weighted by molar-refractivity contribution is 6.05. The lowest BCUT2D eigenvalue weighted by Crippen LogP contribution is -2.35. The smallest absolute Gasteiger partial charge is 0.330 e. The van der Waals surface area contributed by atoms with Crippen LogP contribution in [0.5, 0.6) is 0 Å². The third-order valence-electron chi connectivity index (χ3n) is 5.65. The van der Waals surface area contributed by atoms with E-state index >= 15 is 0 Å². The van der Waals surface area contributed by atoms with Crippen molar-refractivity contribution in [1.29, 1.82) is 0 Å². The maximum absolute atomic E-state index is 13.1. The predicted octanol–water partition coefficient (Wildman–Crippen LogP) is 3.12. The van der Waals surface area contributed by atoms with Crippen molar-refractivity contribution < 1.29 is 4.79 Å². The highest BCUT2D eigenvalue weighted by Crippen LogP contribution is 2.20. The molecule has 0 spiro atoms. The van der Waals surface area contributed by atoms with Crippen LogP contribution in [-0.2, 0) is 13.1 Å². The van der Waals surface area contributed by atoms with E-state index in [1.165, 1.54) is 10.1 Å². The van der Waals surface area contributed by atoms with E-state index in [0.717, 1.165) is 19.5 Å². The topological polar surface area (TPSA) is 100 Å². The Morgan fingerprint density at radius 1 is 1.15 bits per heavy atom. The maximum Gasteiger partial charge on any atom is 0.330 e. The number of aromatic nitrogens is 3. The molecule has 8 heteroatoms. The van der Waals surface area contributed by atoms with Crippen molar-refractivity contribution in [3.8, 4) is 0 Å². The largest absolute Gasteiger partial charge is 0.352 e. The van der Waals surface area contributed by atoms with Gasteiger partial charge in [0.1, 0.15) is 0 Å². The summed E-state index contributed by atoms with van der Waals surface area (Å²) in [6, 6.07) is 11.9. The molecule has 0 radical (unpaired) electrons. The number of rotatable bonds is 10. The van der Waals surface area contributed by atoms with Crippen LogP contribution >= 0.6 is 0 Å². The van der Waals surface area contributed by atoms with Gasteiger partial charge in [0, 0.05) is 25.3 Å². The Morgan fingerprint density at radius 3 is 2.50 bits per heavy atom. The summed E-state index contributed by atoms with van der Waals surface area (Å²) in [5, 5.41) is 3.10. The van der Waals surface area contributed by atoms with Gasteiger partial charge in [0.25, 0.3) is 11.5 Å². The lowest BCUT2D eigenvalue weighted by atomic mass is 10.0. The van der Waals surface area contributed by atoms with Crippen molar-refractivity contribution in [2.75, 3.05) is 20.1 Å². The van der Waals surface area contributed by atoms with E-state index in [9.17, 15) is 14.4 Å². The van der Waals surface area contributed by atoms with Crippen LogP contribution in [-0.4, -0.2) is 45.5 Å². The number of fused-ring (bicyclic) bond motifs is 1. The Labute approximate surface area is 200 Å². The van der Waals surface area contributed by atoms with Gasteiger partial charge in [0.15, 0.2) is 5.65 Å². The first kappa shape index (κ1) is 25.4. The first-order valence-electron chi connectivity index (χ1n) is 11.9. The van der Waals surface area contributed by atoms with Gasteiger partial charge in [-0.3, -0.25) is 19.1 Å². The fourth-order valence-electron chi connectivity index (χ4n) is 3.92. The van der Waals surface area contributed by atoms with E-state index in [-0.39, 0.29) is 34.3 Å². The number of carbonyl (C=O) groups excluding carboxylic acids is 1. The van der Waals surface area contributed by atoms with E-state index in [1.54, 1.807) is 6.07 Å². The van der Waals surface area contributed by atoms with Gasteiger partial charge in [-0.05, 0) is 43.5 Å². The van der Waals surface area contributed by atoms with Gasteiger partial charge < -0.3 is 10.2 Å². The molecule has 2 N–H and O–H groups in total. The van der Waals surface area contributed by atoms with E-state index in [1.807, 2.05) is 52.9 Å². The van der Waals surface area contributed by atoms with E-state index < -0.39 is 11.2 Å². The second-order valence-corrected chi connectivity index (χ2v) is 9.54. The second-order valence-electron chi connectivity index (χ2n) is 9.54. The van der Waals surface area contributed by atoms with Crippen LogP contribution in [0, 0.1) is 5.92 Å². The third-order valence-corrected chi connectivity index (χ3v) is 5.65. The van der Waals surface area contributed by atoms with Gasteiger partial charge in [-0.1, -0.05) is 58.0 Å². The van der Waals surface area contributed by atoms with Gasteiger partial charge in [-0.15, -0.1) is 0 Å². The zero-order valence-electron chi connectivity index (χ0n) is 20.7. The molecule has 0 saturated carbocycles. The minimum Gasteiger partial charge on any atom is -0.352 e. The van der Waals surface area contributed by atoms with Gasteiger partial charge in [-0.25, -0.2) is 9.78 Å². The number of amides is 1. The zero-order chi connectivity index (χ0) is 24.8. The standard InChI is InChI=1S/C26H35N5O3/c1-17(2)15-31-23-22(25(33)29-26(31)34)20(14-21(28-23)18(3)4)24(32)27-12-9-13-30(5)16-19-10-7-6-8-11-19/h6-8,10-11,14,17-18H,9,12-13,15-16H2,1-5H3,(H,27,32)(H,29,33,34). The summed E-state index contributed by atoms with van der Waals surface area (Å²) in [6.07, 6.45) is 0.767. The van der Waals surface area contributed by atoms with Crippen LogP contribution in [0.2, 0.25) is 0 Å². The van der Waals surface area contributed by atoms with Gasteiger partial charge >= 0.3 is 5.69 Å². The third kappa shape index (κ3) is 6.20. The number of nitrogens with one attached hydrogen (secondary N) is 2. The average Bonchev–Trinajstić information content (AvgIpc) is 2.79. The van der Waals surface area contributed by atoms with Crippen LogP contribution in [0.15, 0.2) is 46.0 Å². The first-order chi connectivity index (χ1) is 16.2. The predicted molar refractivity (Wildman–Crippen MR) is 135 cm³/mol. The second kappa shape index (κ2) is 11.2. The van der Waals surface area contributed by atoms with Crippen LogP contribution in [0.1, 0.15) is 61.6 Å². The van der Waals surface area contributed by atoms with E-state index in [4.69, 9.17) is 0 Å². The Kier molecular flexibility index (Phi) is 8.39. The van der Waals surface area contributed by atoms with Crippen LogP contribution in [0.25, 0.3) is 11.0 Å². The van der Waals surface area contributed by atoms with Crippen molar-refractivity contribution >= 4 is 16.9 Å². The van der Waals surface area contributed by atoms with Gasteiger partial charge in [0.05, 0.1) is 10.9 Å². The SMILES string of the molecule is CC(C)Cn1c(=O)[nH]c(=O)c2c(C(=O)NCCCN(C)Cc3ccccc3)cc(C(C)C)nc21. The quantitative estimate of drug-likeness (QED) is 0.448. The highest BCUT2D eigenvalue weighted by atomic mass is 16.2. The van der Waals surface area contributed by atoms with Crippen LogP contribution in [0.4, 0.5) is 0 Å². The lowest BCUT2D eigenvalue weighted by molar-refractivity contribution is 0.0953. The van der Waals surface area contributed by atoms with Crippen molar-refractivity contribution in [3.05, 3.63) is 74.1 Å². The zero-order valence-corrected chi connectivity index (χ0v) is 20.7. The number of hydrogen-bond donors (Lipinski definition) is 2. The van der Waals surface area contributed by atoms with Crippen molar-refractivity contribution in [2.45, 2.75) is 53.1 Å². The highest BCUT2D eigenvalue weighted by Gasteiger charge is 2.20. The van der Waals surface area contributed by atoms with Gasteiger partial charge in [0.2, 0.25) is 0 Å². The molecule has 0 unspecified atom stereocenters. The molecule has 8 nitrogen and oxygen atoms in total. The molecule has 0 aliphatic carbocycles. The lowest BCUT2D eigenvalue weighted by Gasteiger charge is -2.17. The summed E-state index contributed by atoms with van der Waals surface area (Å²) in [6.45, 7) is 10.4. The molecule has 0 bridgehead atoms. The summed E-state index contributed by atoms with van der Waals surface area (Å²) in [7, 11) is 2.05. The molecule has 3 aromatic rings.